The van der Waals surface area contributed by atoms with E-state index < -0.39 is 0 Å². The third-order valence-electron chi connectivity index (χ3n) is 5.35. The third kappa shape index (κ3) is 3.05. The molecule has 0 bridgehead atoms. The second-order valence-electron chi connectivity index (χ2n) is 7.23. The number of hydrogen-bond donors (Lipinski definition) is 1. The molecule has 1 nitrogen and oxygen atoms in total. The molecule has 0 aromatic heterocycles. The Labute approximate surface area is 107 Å². The minimum absolute atomic E-state index is 0.849. The lowest BCUT2D eigenvalue weighted by Gasteiger charge is -2.35. The SMILES string of the molecule is CC(C)C1CCCC(NC(C2CC2)C2CC2)C1. The van der Waals surface area contributed by atoms with Gasteiger partial charge < -0.3 is 5.32 Å². The second-order valence-corrected chi connectivity index (χ2v) is 7.23. The van der Waals surface area contributed by atoms with Crippen molar-refractivity contribution in [2.75, 3.05) is 0 Å². The number of rotatable bonds is 5. The minimum atomic E-state index is 0.849. The quantitative estimate of drug-likeness (QED) is 0.760. The van der Waals surface area contributed by atoms with Gasteiger partial charge in [0, 0.05) is 12.1 Å². The van der Waals surface area contributed by atoms with Gasteiger partial charge in [-0.05, 0) is 62.2 Å². The van der Waals surface area contributed by atoms with Gasteiger partial charge in [0.15, 0.2) is 0 Å². The fraction of sp³-hybridized carbons (Fsp3) is 1.00. The second kappa shape index (κ2) is 4.91. The summed E-state index contributed by atoms with van der Waals surface area (Å²) in [6.07, 6.45) is 11.9. The van der Waals surface area contributed by atoms with E-state index in [2.05, 4.69) is 19.2 Å². The summed E-state index contributed by atoms with van der Waals surface area (Å²) >= 11 is 0. The van der Waals surface area contributed by atoms with Gasteiger partial charge >= 0.3 is 0 Å². The third-order valence-corrected chi connectivity index (χ3v) is 5.35. The molecule has 3 aliphatic carbocycles. The van der Waals surface area contributed by atoms with Gasteiger partial charge in [-0.3, -0.25) is 0 Å². The van der Waals surface area contributed by atoms with Crippen LogP contribution in [0.3, 0.4) is 0 Å². The molecule has 3 fully saturated rings. The fourth-order valence-electron chi connectivity index (χ4n) is 3.82. The first-order valence-corrected chi connectivity index (χ1v) is 8.00. The van der Waals surface area contributed by atoms with Crippen molar-refractivity contribution in [2.24, 2.45) is 23.7 Å². The van der Waals surface area contributed by atoms with E-state index in [1.165, 1.54) is 51.4 Å². The molecule has 3 saturated carbocycles. The van der Waals surface area contributed by atoms with Crippen molar-refractivity contribution in [1.29, 1.82) is 0 Å². The van der Waals surface area contributed by atoms with Crippen molar-refractivity contribution in [2.45, 2.75) is 77.3 Å². The van der Waals surface area contributed by atoms with E-state index in [-0.39, 0.29) is 0 Å². The number of hydrogen-bond acceptors (Lipinski definition) is 1. The largest absolute Gasteiger partial charge is 0.311 e. The molecule has 0 aromatic carbocycles. The lowest BCUT2D eigenvalue weighted by atomic mass is 9.79. The van der Waals surface area contributed by atoms with Gasteiger partial charge in [0.2, 0.25) is 0 Å². The molecule has 1 N–H and O–H groups in total. The summed E-state index contributed by atoms with van der Waals surface area (Å²) in [5.41, 5.74) is 0. The van der Waals surface area contributed by atoms with Crippen LogP contribution in [0.15, 0.2) is 0 Å². The van der Waals surface area contributed by atoms with Crippen molar-refractivity contribution in [3.8, 4) is 0 Å². The Morgan fingerprint density at radius 1 is 0.824 bits per heavy atom. The highest BCUT2D eigenvalue weighted by molar-refractivity contribution is 4.98. The van der Waals surface area contributed by atoms with E-state index in [0.29, 0.717) is 0 Å². The Morgan fingerprint density at radius 3 is 2.00 bits per heavy atom. The van der Waals surface area contributed by atoms with Crippen LogP contribution >= 0.6 is 0 Å². The van der Waals surface area contributed by atoms with E-state index in [1.54, 1.807) is 0 Å². The maximum Gasteiger partial charge on any atom is 0.0126 e. The zero-order valence-corrected chi connectivity index (χ0v) is 11.6. The van der Waals surface area contributed by atoms with Crippen molar-refractivity contribution in [1.82, 2.24) is 5.32 Å². The Hall–Kier alpha value is -0.0400. The number of nitrogens with one attached hydrogen (secondary N) is 1. The summed E-state index contributed by atoms with van der Waals surface area (Å²) in [7, 11) is 0. The topological polar surface area (TPSA) is 12.0 Å². The smallest absolute Gasteiger partial charge is 0.0126 e. The highest BCUT2D eigenvalue weighted by atomic mass is 15.0. The van der Waals surface area contributed by atoms with Crippen molar-refractivity contribution in [3.05, 3.63) is 0 Å². The van der Waals surface area contributed by atoms with Gasteiger partial charge in [-0.2, -0.15) is 0 Å². The van der Waals surface area contributed by atoms with Crippen molar-refractivity contribution in [3.63, 3.8) is 0 Å². The highest BCUT2D eigenvalue weighted by Gasteiger charge is 2.42. The predicted octanol–water partition coefficient (Wildman–Crippen LogP) is 3.98. The van der Waals surface area contributed by atoms with E-state index in [9.17, 15) is 0 Å². The van der Waals surface area contributed by atoms with Crippen LogP contribution in [-0.2, 0) is 0 Å². The lowest BCUT2D eigenvalue weighted by Crippen LogP contribution is -2.44. The first kappa shape index (κ1) is 12.0. The summed E-state index contributed by atoms with van der Waals surface area (Å²) in [6.45, 7) is 4.82. The monoisotopic (exact) mass is 235 g/mol. The maximum absolute atomic E-state index is 4.06. The molecule has 1 heteroatoms. The summed E-state index contributed by atoms with van der Waals surface area (Å²) in [4.78, 5) is 0. The van der Waals surface area contributed by atoms with E-state index >= 15 is 0 Å². The molecule has 3 rings (SSSR count). The lowest BCUT2D eigenvalue weighted by molar-refractivity contribution is 0.210. The molecule has 0 aromatic rings. The van der Waals surface area contributed by atoms with Gasteiger partial charge in [0.25, 0.3) is 0 Å². The van der Waals surface area contributed by atoms with Crippen LogP contribution < -0.4 is 5.32 Å². The zero-order valence-electron chi connectivity index (χ0n) is 11.6. The molecule has 0 heterocycles. The van der Waals surface area contributed by atoms with Gasteiger partial charge in [0.05, 0.1) is 0 Å². The minimum Gasteiger partial charge on any atom is -0.311 e. The van der Waals surface area contributed by atoms with Gasteiger partial charge in [-0.15, -0.1) is 0 Å². The molecule has 2 unspecified atom stereocenters. The van der Waals surface area contributed by atoms with E-state index in [0.717, 1.165) is 35.8 Å². The van der Waals surface area contributed by atoms with Crippen molar-refractivity contribution < 1.29 is 0 Å². The molecule has 3 aliphatic rings. The summed E-state index contributed by atoms with van der Waals surface area (Å²) < 4.78 is 0. The van der Waals surface area contributed by atoms with Gasteiger partial charge in [-0.1, -0.05) is 26.7 Å². The Morgan fingerprint density at radius 2 is 1.47 bits per heavy atom. The standard InChI is InChI=1S/C16H29N/c1-11(2)14-4-3-5-15(10-14)17-16(12-6-7-12)13-8-9-13/h11-17H,3-10H2,1-2H3. The first-order chi connectivity index (χ1) is 8.24. The van der Waals surface area contributed by atoms with Gasteiger partial charge in [-0.25, -0.2) is 0 Å². The summed E-state index contributed by atoms with van der Waals surface area (Å²) in [6, 6.07) is 1.76. The highest BCUT2D eigenvalue weighted by Crippen LogP contribution is 2.45. The molecule has 0 spiro atoms. The summed E-state index contributed by atoms with van der Waals surface area (Å²) in [5.74, 6) is 3.99. The van der Waals surface area contributed by atoms with E-state index in [1.807, 2.05) is 0 Å². The van der Waals surface area contributed by atoms with Crippen LogP contribution in [0.2, 0.25) is 0 Å². The molecule has 0 radical (unpaired) electrons. The van der Waals surface area contributed by atoms with Crippen LogP contribution in [0.1, 0.15) is 65.2 Å². The average Bonchev–Trinajstić information content (AvgIpc) is 3.16. The van der Waals surface area contributed by atoms with Crippen molar-refractivity contribution >= 4 is 0 Å². The normalized spacial score (nSPS) is 34.6. The molecule has 2 atom stereocenters. The van der Waals surface area contributed by atoms with Crippen LogP contribution in [0.4, 0.5) is 0 Å². The molecular formula is C16H29N. The zero-order chi connectivity index (χ0) is 11.8. The molecule has 17 heavy (non-hydrogen) atoms. The maximum atomic E-state index is 4.06. The molecule has 98 valence electrons. The predicted molar refractivity (Wildman–Crippen MR) is 73.0 cm³/mol. The molecular weight excluding hydrogens is 206 g/mol. The average molecular weight is 235 g/mol. The Balaban J connectivity index is 1.52. The summed E-state index contributed by atoms with van der Waals surface area (Å²) in [5, 5.41) is 4.06. The Bertz CT molecular complexity index is 240. The molecule has 0 saturated heterocycles. The molecule has 0 amide bonds. The first-order valence-electron chi connectivity index (χ1n) is 8.00. The van der Waals surface area contributed by atoms with Crippen LogP contribution in [0.25, 0.3) is 0 Å². The Kier molecular flexibility index (Phi) is 3.47. The van der Waals surface area contributed by atoms with Gasteiger partial charge in [0.1, 0.15) is 0 Å². The molecule has 0 aliphatic heterocycles. The van der Waals surface area contributed by atoms with Crippen LogP contribution in [-0.4, -0.2) is 12.1 Å². The fourth-order valence-corrected chi connectivity index (χ4v) is 3.82. The van der Waals surface area contributed by atoms with E-state index in [4.69, 9.17) is 0 Å². The van der Waals surface area contributed by atoms with Crippen LogP contribution in [0.5, 0.6) is 0 Å². The van der Waals surface area contributed by atoms with Crippen LogP contribution in [0, 0.1) is 23.7 Å².